The number of ether oxygens (including phenoxy) is 1. The minimum atomic E-state index is -4.01. The number of sulfonamides is 1. The molecule has 6 rings (SSSR count). The van der Waals surface area contributed by atoms with E-state index in [9.17, 15) is 18.0 Å². The summed E-state index contributed by atoms with van der Waals surface area (Å²) in [5, 5.41) is 2.75. The van der Waals surface area contributed by atoms with Gasteiger partial charge in [-0.3, -0.25) is 14.2 Å². The van der Waals surface area contributed by atoms with Crippen LogP contribution in [-0.4, -0.2) is 64.3 Å². The van der Waals surface area contributed by atoms with Gasteiger partial charge in [0.25, 0.3) is 5.56 Å². The number of aromatic nitrogens is 4. The number of nitrogens with one attached hydrogen (secondary N) is 1. The zero-order valence-corrected chi connectivity index (χ0v) is 24.7. The molecule has 14 heteroatoms. The summed E-state index contributed by atoms with van der Waals surface area (Å²) in [4.78, 5) is 41.9. The van der Waals surface area contributed by atoms with Crippen LogP contribution in [0.2, 0.25) is 0 Å². The second-order valence-electron chi connectivity index (χ2n) is 9.77. The third-order valence-corrected chi connectivity index (χ3v) is 10.1. The van der Waals surface area contributed by atoms with E-state index in [0.717, 1.165) is 15.9 Å². The van der Waals surface area contributed by atoms with E-state index in [1.165, 1.54) is 10.6 Å². The molecular formula is C29H27N7O5S2. The second kappa shape index (κ2) is 11.9. The van der Waals surface area contributed by atoms with Crippen LogP contribution in [-0.2, 0) is 21.4 Å². The Morgan fingerprint density at radius 1 is 0.930 bits per heavy atom. The lowest BCUT2D eigenvalue weighted by molar-refractivity contribution is -0.116. The van der Waals surface area contributed by atoms with Crippen molar-refractivity contribution in [2.24, 2.45) is 0 Å². The number of aryl methyl sites for hydroxylation is 1. The quantitative estimate of drug-likeness (QED) is 0.277. The average molecular weight is 618 g/mol. The van der Waals surface area contributed by atoms with Gasteiger partial charge in [-0.15, -0.1) is 11.3 Å². The van der Waals surface area contributed by atoms with Gasteiger partial charge < -0.3 is 15.0 Å². The van der Waals surface area contributed by atoms with E-state index in [4.69, 9.17) is 4.74 Å². The van der Waals surface area contributed by atoms with Gasteiger partial charge in [-0.25, -0.2) is 23.4 Å². The molecule has 0 saturated carbocycles. The van der Waals surface area contributed by atoms with Crippen molar-refractivity contribution in [1.29, 1.82) is 0 Å². The first kappa shape index (κ1) is 28.5. The van der Waals surface area contributed by atoms with E-state index in [1.807, 2.05) is 35.2 Å². The van der Waals surface area contributed by atoms with E-state index in [1.54, 1.807) is 49.6 Å². The summed E-state index contributed by atoms with van der Waals surface area (Å²) in [6.45, 7) is 2.56. The number of benzene rings is 2. The van der Waals surface area contributed by atoms with Crippen LogP contribution in [0.1, 0.15) is 4.88 Å². The standard InChI is InChI=1S/C29H27N7O5S2/c1-20-26(43(39,40)36-16-14-34(15-17-36)29-30-12-5-13-31-29)25-27(42-20)32-19-35(28(25)38)18-24(37)33-21-8-10-23(11-9-21)41-22-6-3-2-4-7-22/h2-13,19H,14-18H2,1H3,(H,33,37). The molecule has 12 nitrogen and oxygen atoms in total. The fourth-order valence-corrected chi connectivity index (χ4v) is 7.92. The SMILES string of the molecule is Cc1sc2ncn(CC(=O)Nc3ccc(Oc4ccccc4)cc3)c(=O)c2c1S(=O)(=O)N1CCN(c2ncccn2)CC1. The number of para-hydroxylation sites is 1. The summed E-state index contributed by atoms with van der Waals surface area (Å²) in [6, 6.07) is 17.9. The highest BCUT2D eigenvalue weighted by atomic mass is 32.2. The molecule has 43 heavy (non-hydrogen) atoms. The van der Waals surface area contributed by atoms with E-state index >= 15 is 0 Å². The van der Waals surface area contributed by atoms with Crippen molar-refractivity contribution in [3.05, 3.63) is 94.6 Å². The predicted molar refractivity (Wildman–Crippen MR) is 163 cm³/mol. The zero-order chi connectivity index (χ0) is 30.0. The predicted octanol–water partition coefficient (Wildman–Crippen LogP) is 3.50. The minimum absolute atomic E-state index is 0.00552. The lowest BCUT2D eigenvalue weighted by Gasteiger charge is -2.33. The number of carbonyl (C=O) groups is 1. The number of thiophene rings is 1. The molecule has 1 fully saturated rings. The van der Waals surface area contributed by atoms with Crippen LogP contribution in [0.25, 0.3) is 10.2 Å². The van der Waals surface area contributed by atoms with Gasteiger partial charge in [-0.2, -0.15) is 4.31 Å². The van der Waals surface area contributed by atoms with E-state index in [-0.39, 0.29) is 29.9 Å². The molecule has 1 aliphatic heterocycles. The summed E-state index contributed by atoms with van der Waals surface area (Å²) in [5.41, 5.74) is -0.0757. The fraction of sp³-hybridized carbons (Fsp3) is 0.207. The van der Waals surface area contributed by atoms with Gasteiger partial charge in [0.05, 0.1) is 11.7 Å². The Kier molecular flexibility index (Phi) is 7.88. The number of fused-ring (bicyclic) bond motifs is 1. The van der Waals surface area contributed by atoms with E-state index in [2.05, 4.69) is 20.3 Å². The molecular weight excluding hydrogens is 590 g/mol. The van der Waals surface area contributed by atoms with Crippen molar-refractivity contribution in [3.63, 3.8) is 0 Å². The Morgan fingerprint density at radius 3 is 2.30 bits per heavy atom. The molecule has 1 saturated heterocycles. The average Bonchev–Trinajstić information content (AvgIpc) is 3.38. The molecule has 0 bridgehead atoms. The van der Waals surface area contributed by atoms with Crippen molar-refractivity contribution in [3.8, 4) is 11.5 Å². The van der Waals surface area contributed by atoms with Gasteiger partial charge in [0.1, 0.15) is 27.8 Å². The lowest BCUT2D eigenvalue weighted by atomic mass is 10.3. The number of piperazine rings is 1. The smallest absolute Gasteiger partial charge is 0.263 e. The third kappa shape index (κ3) is 5.98. The summed E-state index contributed by atoms with van der Waals surface area (Å²) < 4.78 is 35.9. The van der Waals surface area contributed by atoms with Crippen LogP contribution in [0, 0.1) is 6.92 Å². The highest BCUT2D eigenvalue weighted by Crippen LogP contribution is 2.33. The van der Waals surface area contributed by atoms with Crippen molar-refractivity contribution in [2.45, 2.75) is 18.4 Å². The monoisotopic (exact) mass is 617 g/mol. The summed E-state index contributed by atoms with van der Waals surface area (Å²) in [6.07, 6.45) is 4.55. The molecule has 1 N–H and O–H groups in total. The molecule has 0 spiro atoms. The topological polar surface area (TPSA) is 140 Å². The van der Waals surface area contributed by atoms with Crippen molar-refractivity contribution < 1.29 is 17.9 Å². The summed E-state index contributed by atoms with van der Waals surface area (Å²) in [5.74, 6) is 1.37. The number of hydrogen-bond acceptors (Lipinski definition) is 10. The molecule has 1 amide bonds. The summed E-state index contributed by atoms with van der Waals surface area (Å²) in [7, 11) is -4.01. The molecule has 5 aromatic rings. The second-order valence-corrected chi connectivity index (χ2v) is 12.9. The van der Waals surface area contributed by atoms with Crippen LogP contribution in [0.3, 0.4) is 0 Å². The number of hydrogen-bond donors (Lipinski definition) is 1. The van der Waals surface area contributed by atoms with Gasteiger partial charge in [0, 0.05) is 49.1 Å². The molecule has 0 radical (unpaired) electrons. The highest BCUT2D eigenvalue weighted by molar-refractivity contribution is 7.89. The largest absolute Gasteiger partial charge is 0.457 e. The minimum Gasteiger partial charge on any atom is -0.457 e. The molecule has 0 atom stereocenters. The van der Waals surface area contributed by atoms with Crippen LogP contribution in [0.5, 0.6) is 11.5 Å². The number of rotatable bonds is 8. The molecule has 220 valence electrons. The van der Waals surface area contributed by atoms with Gasteiger partial charge >= 0.3 is 0 Å². The van der Waals surface area contributed by atoms with Crippen molar-refractivity contribution in [2.75, 3.05) is 36.4 Å². The number of carbonyl (C=O) groups excluding carboxylic acids is 1. The molecule has 3 aromatic heterocycles. The van der Waals surface area contributed by atoms with Gasteiger partial charge in [0.2, 0.25) is 21.9 Å². The first-order valence-electron chi connectivity index (χ1n) is 13.4. The van der Waals surface area contributed by atoms with Crippen molar-refractivity contribution in [1.82, 2.24) is 23.8 Å². The maximum Gasteiger partial charge on any atom is 0.263 e. The first-order valence-corrected chi connectivity index (χ1v) is 15.7. The number of amides is 1. The Bertz CT molecular complexity index is 1920. The van der Waals surface area contributed by atoms with E-state index in [0.29, 0.717) is 45.9 Å². The van der Waals surface area contributed by atoms with Crippen LogP contribution >= 0.6 is 11.3 Å². The molecule has 0 unspecified atom stereocenters. The Hall–Kier alpha value is -4.66. The molecule has 2 aromatic carbocycles. The Labute approximate surface area is 251 Å². The Morgan fingerprint density at radius 2 is 1.60 bits per heavy atom. The maximum atomic E-state index is 13.8. The van der Waals surface area contributed by atoms with Crippen LogP contribution in [0.4, 0.5) is 11.6 Å². The van der Waals surface area contributed by atoms with Crippen molar-refractivity contribution >= 4 is 49.1 Å². The summed E-state index contributed by atoms with van der Waals surface area (Å²) >= 11 is 1.14. The third-order valence-electron chi connectivity index (χ3n) is 6.90. The number of nitrogens with zero attached hydrogens (tertiary/aromatic N) is 6. The zero-order valence-electron chi connectivity index (χ0n) is 23.1. The molecule has 0 aliphatic carbocycles. The first-order chi connectivity index (χ1) is 20.8. The highest BCUT2D eigenvalue weighted by Gasteiger charge is 2.34. The van der Waals surface area contributed by atoms with Gasteiger partial charge in [-0.1, -0.05) is 18.2 Å². The lowest BCUT2D eigenvalue weighted by Crippen LogP contribution is -2.49. The van der Waals surface area contributed by atoms with Gasteiger partial charge in [0.15, 0.2) is 0 Å². The number of anilines is 2. The fourth-order valence-electron chi connectivity index (χ4n) is 4.83. The molecule has 1 aliphatic rings. The van der Waals surface area contributed by atoms with E-state index < -0.39 is 21.5 Å². The molecule has 4 heterocycles. The normalized spacial score (nSPS) is 14.1. The Balaban J connectivity index is 1.18. The van der Waals surface area contributed by atoms with Gasteiger partial charge in [-0.05, 0) is 49.4 Å². The van der Waals surface area contributed by atoms with Crippen LogP contribution in [0.15, 0.2) is 89.1 Å². The maximum absolute atomic E-state index is 13.8. The van der Waals surface area contributed by atoms with Crippen LogP contribution < -0.4 is 20.5 Å².